The highest BCUT2D eigenvalue weighted by atomic mass is 127. The summed E-state index contributed by atoms with van der Waals surface area (Å²) in [6.07, 6.45) is 5.63. The molecule has 1 N–H and O–H groups in total. The summed E-state index contributed by atoms with van der Waals surface area (Å²) in [5.74, 6) is 1.53. The molecule has 2 fully saturated rings. The van der Waals surface area contributed by atoms with Crippen LogP contribution in [0.25, 0.3) is 0 Å². The van der Waals surface area contributed by atoms with E-state index >= 15 is 0 Å². The Labute approximate surface area is 145 Å². The standard InChI is InChI=1S/C13H26N4O2S.HI/c1-14-13(16-7-3-4-8-16)15-11-12-5-9-17(10-6-12)20(2,18)19;/h12H,3-11H2,1-2H3,(H,14,15);1H. The molecule has 0 unspecified atom stereocenters. The van der Waals surface area contributed by atoms with Crippen LogP contribution in [-0.4, -0.2) is 69.6 Å². The van der Waals surface area contributed by atoms with Crippen molar-refractivity contribution in [2.45, 2.75) is 25.7 Å². The fourth-order valence-electron chi connectivity index (χ4n) is 2.94. The summed E-state index contributed by atoms with van der Waals surface area (Å²) in [4.78, 5) is 6.63. The molecule has 0 aromatic rings. The van der Waals surface area contributed by atoms with Crippen LogP contribution in [0.5, 0.6) is 0 Å². The minimum atomic E-state index is -3.02. The molecule has 0 bridgehead atoms. The second kappa shape index (κ2) is 8.52. The van der Waals surface area contributed by atoms with Crippen molar-refractivity contribution < 1.29 is 8.42 Å². The zero-order chi connectivity index (χ0) is 14.6. The van der Waals surface area contributed by atoms with E-state index in [1.807, 2.05) is 7.05 Å². The van der Waals surface area contributed by atoms with Crippen LogP contribution in [0, 0.1) is 5.92 Å². The number of rotatable bonds is 3. The van der Waals surface area contributed by atoms with Gasteiger partial charge in [0.25, 0.3) is 0 Å². The molecule has 0 aromatic carbocycles. The molecule has 2 rings (SSSR count). The second-order valence-electron chi connectivity index (χ2n) is 5.73. The van der Waals surface area contributed by atoms with Gasteiger partial charge in [-0.15, -0.1) is 24.0 Å². The van der Waals surface area contributed by atoms with Crippen molar-refractivity contribution in [3.05, 3.63) is 0 Å². The van der Waals surface area contributed by atoms with E-state index in [2.05, 4.69) is 15.2 Å². The lowest BCUT2D eigenvalue weighted by atomic mass is 9.98. The third-order valence-corrected chi connectivity index (χ3v) is 5.51. The molecule has 21 heavy (non-hydrogen) atoms. The highest BCUT2D eigenvalue weighted by molar-refractivity contribution is 14.0. The first-order chi connectivity index (χ1) is 9.50. The topological polar surface area (TPSA) is 65.0 Å². The predicted octanol–water partition coefficient (Wildman–Crippen LogP) is 0.947. The lowest BCUT2D eigenvalue weighted by Gasteiger charge is -2.31. The zero-order valence-corrected chi connectivity index (χ0v) is 16.1. The predicted molar refractivity (Wildman–Crippen MR) is 96.7 cm³/mol. The van der Waals surface area contributed by atoms with Gasteiger partial charge in [0.2, 0.25) is 10.0 Å². The van der Waals surface area contributed by atoms with Gasteiger partial charge in [-0.25, -0.2) is 12.7 Å². The van der Waals surface area contributed by atoms with Gasteiger partial charge >= 0.3 is 0 Å². The van der Waals surface area contributed by atoms with Crippen molar-refractivity contribution in [2.24, 2.45) is 10.9 Å². The van der Waals surface area contributed by atoms with Gasteiger partial charge in [0.05, 0.1) is 6.26 Å². The summed E-state index contributed by atoms with van der Waals surface area (Å²) in [5.41, 5.74) is 0. The Hall–Kier alpha value is -0.0900. The van der Waals surface area contributed by atoms with E-state index in [9.17, 15) is 8.42 Å². The molecule has 8 heteroatoms. The number of sulfonamides is 1. The maximum absolute atomic E-state index is 11.5. The van der Waals surface area contributed by atoms with E-state index < -0.39 is 10.0 Å². The van der Waals surface area contributed by atoms with Gasteiger partial charge in [-0.3, -0.25) is 4.99 Å². The minimum Gasteiger partial charge on any atom is -0.356 e. The van der Waals surface area contributed by atoms with E-state index in [0.717, 1.165) is 38.4 Å². The van der Waals surface area contributed by atoms with Crippen LogP contribution in [0.1, 0.15) is 25.7 Å². The molecule has 0 atom stereocenters. The molecule has 0 amide bonds. The highest BCUT2D eigenvalue weighted by Gasteiger charge is 2.25. The normalized spacial score (nSPS) is 22.2. The first-order valence-electron chi connectivity index (χ1n) is 7.41. The fourth-order valence-corrected chi connectivity index (χ4v) is 3.82. The molecule has 2 aliphatic heterocycles. The van der Waals surface area contributed by atoms with Gasteiger partial charge in [0.15, 0.2) is 5.96 Å². The maximum Gasteiger partial charge on any atom is 0.211 e. The summed E-state index contributed by atoms with van der Waals surface area (Å²) < 4.78 is 24.5. The summed E-state index contributed by atoms with van der Waals surface area (Å²) in [5, 5.41) is 3.44. The fraction of sp³-hybridized carbons (Fsp3) is 0.923. The molecule has 0 aliphatic carbocycles. The monoisotopic (exact) mass is 430 g/mol. The summed E-state index contributed by atoms with van der Waals surface area (Å²) >= 11 is 0. The van der Waals surface area contributed by atoms with Crippen LogP contribution in [0.3, 0.4) is 0 Å². The Morgan fingerprint density at radius 3 is 2.24 bits per heavy atom. The molecular weight excluding hydrogens is 403 g/mol. The first kappa shape index (κ1) is 19.0. The van der Waals surface area contributed by atoms with Gasteiger partial charge in [-0.1, -0.05) is 0 Å². The number of nitrogens with one attached hydrogen (secondary N) is 1. The first-order valence-corrected chi connectivity index (χ1v) is 9.26. The van der Waals surface area contributed by atoms with Crippen LogP contribution in [0.4, 0.5) is 0 Å². The van der Waals surface area contributed by atoms with Crippen LogP contribution in [0.15, 0.2) is 4.99 Å². The number of aliphatic imine (C=N–C) groups is 1. The van der Waals surface area contributed by atoms with Gasteiger partial charge in [-0.2, -0.15) is 0 Å². The lowest BCUT2D eigenvalue weighted by Crippen LogP contribution is -2.44. The van der Waals surface area contributed by atoms with E-state index in [0.29, 0.717) is 19.0 Å². The number of hydrogen-bond acceptors (Lipinski definition) is 3. The van der Waals surface area contributed by atoms with Gasteiger partial charge in [-0.05, 0) is 31.6 Å². The quantitative estimate of drug-likeness (QED) is 0.412. The zero-order valence-electron chi connectivity index (χ0n) is 12.9. The Morgan fingerprint density at radius 1 is 1.19 bits per heavy atom. The van der Waals surface area contributed by atoms with E-state index in [1.54, 1.807) is 4.31 Å². The van der Waals surface area contributed by atoms with Crippen molar-refractivity contribution in [2.75, 3.05) is 46.0 Å². The second-order valence-corrected chi connectivity index (χ2v) is 7.71. The molecule has 0 saturated carbocycles. The van der Waals surface area contributed by atoms with Crippen molar-refractivity contribution in [3.63, 3.8) is 0 Å². The summed E-state index contributed by atoms with van der Waals surface area (Å²) in [7, 11) is -1.19. The smallest absolute Gasteiger partial charge is 0.211 e. The summed E-state index contributed by atoms with van der Waals surface area (Å²) in [6, 6.07) is 0. The molecular formula is C13H27IN4O2S. The number of likely N-dealkylation sites (tertiary alicyclic amines) is 1. The van der Waals surface area contributed by atoms with E-state index in [1.165, 1.54) is 19.1 Å². The Bertz CT molecular complexity index is 441. The van der Waals surface area contributed by atoms with Crippen LogP contribution in [-0.2, 0) is 10.0 Å². The van der Waals surface area contributed by atoms with Crippen molar-refractivity contribution in [1.82, 2.24) is 14.5 Å². The SMILES string of the molecule is CN=C(NCC1CCN(S(C)(=O)=O)CC1)N1CCCC1.I. The highest BCUT2D eigenvalue weighted by Crippen LogP contribution is 2.18. The molecule has 0 spiro atoms. The number of hydrogen-bond donors (Lipinski definition) is 1. The molecule has 2 saturated heterocycles. The largest absolute Gasteiger partial charge is 0.356 e. The van der Waals surface area contributed by atoms with Crippen LogP contribution < -0.4 is 5.32 Å². The number of nitrogens with zero attached hydrogens (tertiary/aromatic N) is 3. The van der Waals surface area contributed by atoms with Gasteiger partial charge in [0, 0.05) is 39.8 Å². The van der Waals surface area contributed by atoms with Crippen molar-refractivity contribution in [3.8, 4) is 0 Å². The average molecular weight is 430 g/mol. The minimum absolute atomic E-state index is 0. The molecule has 6 nitrogen and oxygen atoms in total. The molecule has 124 valence electrons. The van der Waals surface area contributed by atoms with Crippen molar-refractivity contribution in [1.29, 1.82) is 0 Å². The maximum atomic E-state index is 11.5. The average Bonchev–Trinajstić information content (AvgIpc) is 2.93. The molecule has 2 heterocycles. The Kier molecular flexibility index (Phi) is 7.69. The van der Waals surface area contributed by atoms with Crippen molar-refractivity contribution >= 4 is 40.0 Å². The lowest BCUT2D eigenvalue weighted by molar-refractivity contribution is 0.273. The summed E-state index contributed by atoms with van der Waals surface area (Å²) in [6.45, 7) is 4.36. The Balaban J connectivity index is 0.00000220. The third-order valence-electron chi connectivity index (χ3n) is 4.21. The van der Waals surface area contributed by atoms with Gasteiger partial charge < -0.3 is 10.2 Å². The van der Waals surface area contributed by atoms with Gasteiger partial charge in [0.1, 0.15) is 0 Å². The Morgan fingerprint density at radius 2 is 1.76 bits per heavy atom. The number of guanidine groups is 1. The molecule has 0 aromatic heterocycles. The number of halogens is 1. The molecule has 2 aliphatic rings. The van der Waals surface area contributed by atoms with E-state index in [-0.39, 0.29) is 24.0 Å². The van der Waals surface area contributed by atoms with E-state index in [4.69, 9.17) is 0 Å². The van der Waals surface area contributed by atoms with Crippen LogP contribution in [0.2, 0.25) is 0 Å². The number of piperidine rings is 1. The van der Waals surface area contributed by atoms with Crippen LogP contribution >= 0.6 is 24.0 Å². The third kappa shape index (κ3) is 5.55. The molecule has 0 radical (unpaired) electrons.